The molecular formula is C45H52N4S. The van der Waals surface area contributed by atoms with Crippen LogP contribution in [0.15, 0.2) is 207 Å². The molecular weight excluding hydrogens is 629 g/mol. The maximum Gasteiger partial charge on any atom is 0.0559 e. The Labute approximate surface area is 307 Å². The standard InChI is InChI=1S/C25H26N2.C20H24N2.H2S/c1-5-6-7-8-14-22-15-9-10-16-23(22)24-18-21(3)20(2)13-11-12-17-27(4)19-25(24)26;1-2-3-4-5-9-14-18(17-12-7-6-8-13-17)19-15-10-11-16-20(19)22-21;/h5-19H,1-3,26H2,4H3;2-7,9-12,15-16,18,22H,1,8,13-14,21H2;1H2/b7-6-,13-11-,14-8-,17-12-,24-18-,25-19+;4-3-,9-5-;. The molecule has 1 unspecified atom stereocenters. The van der Waals surface area contributed by atoms with Crippen molar-refractivity contribution in [2.45, 2.75) is 25.2 Å². The Morgan fingerprint density at radius 3 is 2.32 bits per heavy atom. The zero-order valence-electron chi connectivity index (χ0n) is 29.2. The summed E-state index contributed by atoms with van der Waals surface area (Å²) in [6, 6.07) is 16.4. The van der Waals surface area contributed by atoms with E-state index in [1.54, 1.807) is 12.2 Å². The first-order valence-corrected chi connectivity index (χ1v) is 16.4. The SMILES string of the molecule is C=C/C=C\C=C/CC(C1=CC=CCC1)c1ccccc1NN.C=C/C=C\C=C/c1ccccc1C1=C/C(=C)C(=C)/C=C\C=C/N(C)/C=C\1N.S. The highest BCUT2D eigenvalue weighted by atomic mass is 32.1. The number of hydrogen-bond acceptors (Lipinski definition) is 4. The quantitative estimate of drug-likeness (QED) is 0.126. The van der Waals surface area contributed by atoms with E-state index >= 15 is 0 Å². The maximum atomic E-state index is 6.47. The van der Waals surface area contributed by atoms with Gasteiger partial charge >= 0.3 is 0 Å². The molecule has 5 N–H and O–H groups in total. The van der Waals surface area contributed by atoms with Gasteiger partial charge in [0.05, 0.1) is 11.4 Å². The Kier molecular flexibility index (Phi) is 18.7. The zero-order chi connectivity index (χ0) is 35.3. The lowest BCUT2D eigenvalue weighted by Gasteiger charge is -2.23. The Bertz CT molecular complexity index is 1770. The number of rotatable bonds is 11. The Morgan fingerprint density at radius 2 is 1.60 bits per heavy atom. The van der Waals surface area contributed by atoms with Crippen LogP contribution < -0.4 is 17.0 Å². The number of nitrogens with one attached hydrogen (secondary N) is 1. The number of nitrogens with zero attached hydrogens (tertiary/aromatic N) is 1. The van der Waals surface area contributed by atoms with Crippen LogP contribution in [-0.4, -0.2) is 11.9 Å². The molecule has 1 heterocycles. The van der Waals surface area contributed by atoms with Crippen LogP contribution in [-0.2, 0) is 0 Å². The molecule has 0 saturated carbocycles. The molecule has 0 bridgehead atoms. The average molecular weight is 681 g/mol. The fraction of sp³-hybridized carbons (Fsp3) is 0.111. The number of para-hydroxylation sites is 1. The second-order valence-corrected chi connectivity index (χ2v) is 11.4. The second-order valence-electron chi connectivity index (χ2n) is 11.4. The third kappa shape index (κ3) is 13.2. The van der Waals surface area contributed by atoms with Gasteiger partial charge in [-0.25, -0.2) is 0 Å². The largest absolute Gasteiger partial charge is 0.397 e. The molecule has 0 aromatic heterocycles. The molecule has 50 heavy (non-hydrogen) atoms. The van der Waals surface area contributed by atoms with E-state index in [9.17, 15) is 0 Å². The van der Waals surface area contributed by atoms with Gasteiger partial charge in [-0.05, 0) is 65.3 Å². The van der Waals surface area contributed by atoms with Crippen LogP contribution in [0.1, 0.15) is 41.9 Å². The third-order valence-corrected chi connectivity index (χ3v) is 7.85. The lowest BCUT2D eigenvalue weighted by Crippen LogP contribution is -2.12. The summed E-state index contributed by atoms with van der Waals surface area (Å²) >= 11 is 0. The summed E-state index contributed by atoms with van der Waals surface area (Å²) in [5.74, 6) is 6.04. The number of hydrogen-bond donors (Lipinski definition) is 3. The predicted molar refractivity (Wildman–Crippen MR) is 226 cm³/mol. The van der Waals surface area contributed by atoms with Gasteiger partial charge in [-0.3, -0.25) is 5.84 Å². The van der Waals surface area contributed by atoms with Crippen molar-refractivity contribution in [2.75, 3.05) is 12.5 Å². The fourth-order valence-electron chi connectivity index (χ4n) is 5.33. The van der Waals surface area contributed by atoms with Crippen molar-refractivity contribution in [3.63, 3.8) is 0 Å². The van der Waals surface area contributed by atoms with Gasteiger partial charge in [0.25, 0.3) is 0 Å². The van der Waals surface area contributed by atoms with Gasteiger partial charge in [0, 0.05) is 30.9 Å². The number of allylic oxidation sites excluding steroid dienone is 20. The van der Waals surface area contributed by atoms with Gasteiger partial charge in [0.1, 0.15) is 0 Å². The highest BCUT2D eigenvalue weighted by Gasteiger charge is 2.18. The number of nitrogen functional groups attached to an aromatic ring is 1. The van der Waals surface area contributed by atoms with Crippen LogP contribution >= 0.6 is 13.5 Å². The molecule has 0 spiro atoms. The summed E-state index contributed by atoms with van der Waals surface area (Å²) in [6.45, 7) is 15.6. The minimum Gasteiger partial charge on any atom is -0.397 e. The number of benzene rings is 2. The molecule has 5 heteroatoms. The minimum atomic E-state index is 0. The monoisotopic (exact) mass is 680 g/mol. The van der Waals surface area contributed by atoms with Gasteiger partial charge in [-0.15, -0.1) is 0 Å². The Hall–Kier alpha value is -5.49. The number of hydrazine groups is 1. The third-order valence-electron chi connectivity index (χ3n) is 7.85. The van der Waals surface area contributed by atoms with E-state index in [2.05, 4.69) is 92.5 Å². The molecule has 2 aromatic rings. The Balaban J connectivity index is 0.000000347. The van der Waals surface area contributed by atoms with E-state index in [0.717, 1.165) is 52.8 Å². The van der Waals surface area contributed by atoms with E-state index in [1.807, 2.05) is 103 Å². The zero-order valence-corrected chi connectivity index (χ0v) is 30.2. The molecule has 2 aliphatic rings. The second kappa shape index (κ2) is 23.0. The van der Waals surface area contributed by atoms with E-state index in [0.29, 0.717) is 11.6 Å². The average Bonchev–Trinajstić information content (AvgIpc) is 3.14. The van der Waals surface area contributed by atoms with Crippen molar-refractivity contribution in [1.82, 2.24) is 4.90 Å². The van der Waals surface area contributed by atoms with E-state index < -0.39 is 0 Å². The topological polar surface area (TPSA) is 67.3 Å². The maximum absolute atomic E-state index is 6.47. The van der Waals surface area contributed by atoms with E-state index in [1.165, 1.54) is 11.1 Å². The summed E-state index contributed by atoms with van der Waals surface area (Å²) < 4.78 is 0. The molecule has 1 atom stereocenters. The predicted octanol–water partition coefficient (Wildman–Crippen LogP) is 10.9. The molecule has 1 aliphatic heterocycles. The summed E-state index contributed by atoms with van der Waals surface area (Å²) in [4.78, 5) is 1.93. The molecule has 0 saturated heterocycles. The van der Waals surface area contributed by atoms with Crippen LogP contribution in [0.2, 0.25) is 0 Å². The molecule has 0 radical (unpaired) electrons. The first kappa shape index (κ1) is 40.7. The fourth-order valence-corrected chi connectivity index (χ4v) is 5.33. The van der Waals surface area contributed by atoms with Crippen molar-refractivity contribution in [3.8, 4) is 0 Å². The van der Waals surface area contributed by atoms with Crippen molar-refractivity contribution in [1.29, 1.82) is 0 Å². The van der Waals surface area contributed by atoms with Gasteiger partial charge in [-0.1, -0.05) is 165 Å². The van der Waals surface area contributed by atoms with Crippen molar-refractivity contribution < 1.29 is 0 Å². The molecule has 0 fully saturated rings. The molecule has 0 amide bonds. The van der Waals surface area contributed by atoms with Gasteiger partial charge in [0.2, 0.25) is 0 Å². The van der Waals surface area contributed by atoms with Crippen LogP contribution in [0.5, 0.6) is 0 Å². The normalized spacial score (nSPS) is 18.9. The van der Waals surface area contributed by atoms with Crippen LogP contribution in [0.4, 0.5) is 5.69 Å². The van der Waals surface area contributed by atoms with E-state index in [-0.39, 0.29) is 13.5 Å². The van der Waals surface area contributed by atoms with Crippen LogP contribution in [0, 0.1) is 0 Å². The lowest BCUT2D eigenvalue weighted by molar-refractivity contribution is 0.621. The highest BCUT2D eigenvalue weighted by molar-refractivity contribution is 7.59. The van der Waals surface area contributed by atoms with Crippen LogP contribution in [0.3, 0.4) is 0 Å². The first-order valence-electron chi connectivity index (χ1n) is 16.4. The van der Waals surface area contributed by atoms with Crippen LogP contribution in [0.25, 0.3) is 11.6 Å². The molecule has 258 valence electrons. The van der Waals surface area contributed by atoms with Crippen molar-refractivity contribution in [2.24, 2.45) is 11.6 Å². The Morgan fingerprint density at radius 1 is 0.880 bits per heavy atom. The van der Waals surface area contributed by atoms with Gasteiger partial charge in [-0.2, -0.15) is 13.5 Å². The number of nitrogens with two attached hydrogens (primary N) is 2. The summed E-state index contributed by atoms with van der Waals surface area (Å²) in [6.07, 6.45) is 41.1. The first-order chi connectivity index (χ1) is 23.9. The molecule has 4 nitrogen and oxygen atoms in total. The van der Waals surface area contributed by atoms with Gasteiger partial charge < -0.3 is 16.1 Å². The number of anilines is 1. The molecule has 4 rings (SSSR count). The summed E-state index contributed by atoms with van der Waals surface area (Å²) in [7, 11) is 1.95. The van der Waals surface area contributed by atoms with Crippen molar-refractivity contribution >= 4 is 30.8 Å². The lowest BCUT2D eigenvalue weighted by atomic mass is 9.83. The van der Waals surface area contributed by atoms with Gasteiger partial charge in [0.15, 0.2) is 0 Å². The smallest absolute Gasteiger partial charge is 0.0559 e. The van der Waals surface area contributed by atoms with E-state index in [4.69, 9.17) is 11.6 Å². The summed E-state index contributed by atoms with van der Waals surface area (Å²) in [5.41, 5.74) is 18.3. The summed E-state index contributed by atoms with van der Waals surface area (Å²) in [5, 5.41) is 0. The minimum absolute atomic E-state index is 0. The highest BCUT2D eigenvalue weighted by Crippen LogP contribution is 2.36. The molecule has 2 aromatic carbocycles. The molecule has 1 aliphatic carbocycles. The van der Waals surface area contributed by atoms with Crippen molar-refractivity contribution in [3.05, 3.63) is 224 Å².